The Hall–Kier alpha value is -1.02. The molecule has 0 bridgehead atoms. The fraction of sp³-hybridized carbons (Fsp3) is 0.667. The zero-order valence-electron chi connectivity index (χ0n) is 13.2. The van der Waals surface area contributed by atoms with Crippen LogP contribution in [0.4, 0.5) is 5.69 Å². The predicted octanol–water partition coefficient (Wildman–Crippen LogP) is 3.46. The summed E-state index contributed by atoms with van der Waals surface area (Å²) in [5.74, 6) is 0.735. The van der Waals surface area contributed by atoms with Crippen molar-refractivity contribution in [3.63, 3.8) is 0 Å². The lowest BCUT2D eigenvalue weighted by Gasteiger charge is -2.44. The summed E-state index contributed by atoms with van der Waals surface area (Å²) in [5, 5.41) is 3.60. The van der Waals surface area contributed by atoms with Crippen molar-refractivity contribution in [3.05, 3.63) is 29.8 Å². The number of anilines is 1. The quantitative estimate of drug-likeness (QED) is 0.906. The average Bonchev–Trinajstić information content (AvgIpc) is 2.92. The summed E-state index contributed by atoms with van der Waals surface area (Å²) in [6, 6.07) is 9.67. The smallest absolute Gasteiger partial charge is 0.0401 e. The van der Waals surface area contributed by atoms with Gasteiger partial charge in [-0.2, -0.15) is 0 Å². The number of hydrogen-bond acceptors (Lipinski definition) is 2. The summed E-state index contributed by atoms with van der Waals surface area (Å²) in [5.41, 5.74) is 3.47. The second-order valence-corrected chi connectivity index (χ2v) is 7.09. The topological polar surface area (TPSA) is 15.3 Å². The number of nitrogens with one attached hydrogen (secondary N) is 1. The van der Waals surface area contributed by atoms with Crippen molar-refractivity contribution in [1.29, 1.82) is 0 Å². The van der Waals surface area contributed by atoms with E-state index in [0.717, 1.165) is 5.92 Å². The third-order valence-electron chi connectivity index (χ3n) is 5.65. The Morgan fingerprint density at radius 3 is 2.85 bits per heavy atom. The van der Waals surface area contributed by atoms with Crippen LogP contribution in [-0.2, 0) is 6.42 Å². The third kappa shape index (κ3) is 2.35. The van der Waals surface area contributed by atoms with Gasteiger partial charge in [0.2, 0.25) is 0 Å². The summed E-state index contributed by atoms with van der Waals surface area (Å²) in [4.78, 5) is 2.69. The van der Waals surface area contributed by atoms with Crippen LogP contribution < -0.4 is 10.2 Å². The largest absolute Gasteiger partial charge is 0.368 e. The number of benzene rings is 1. The molecule has 1 saturated heterocycles. The molecule has 1 aromatic carbocycles. The van der Waals surface area contributed by atoms with E-state index in [-0.39, 0.29) is 0 Å². The Morgan fingerprint density at radius 2 is 2.15 bits per heavy atom. The molecule has 2 heterocycles. The van der Waals surface area contributed by atoms with E-state index in [0.29, 0.717) is 11.5 Å². The highest BCUT2D eigenvalue weighted by Gasteiger charge is 2.40. The first kappa shape index (κ1) is 13.9. The first-order valence-electron chi connectivity index (χ1n) is 8.18. The van der Waals surface area contributed by atoms with E-state index < -0.39 is 0 Å². The van der Waals surface area contributed by atoms with E-state index in [9.17, 15) is 0 Å². The molecular weight excluding hydrogens is 244 g/mol. The van der Waals surface area contributed by atoms with Gasteiger partial charge in [0.1, 0.15) is 0 Å². The van der Waals surface area contributed by atoms with Crippen molar-refractivity contribution >= 4 is 5.69 Å². The average molecular weight is 272 g/mol. The Balaban J connectivity index is 1.89. The van der Waals surface area contributed by atoms with Crippen LogP contribution in [0.2, 0.25) is 0 Å². The SMILES string of the molecule is CC1CCc2ccccc2N1CC1(C(C)C)CCNC1. The number of nitrogens with zero attached hydrogens (tertiary/aromatic N) is 1. The Bertz CT molecular complexity index is 460. The maximum atomic E-state index is 3.60. The molecule has 0 amide bonds. The zero-order valence-corrected chi connectivity index (χ0v) is 13.2. The fourth-order valence-electron chi connectivity index (χ4n) is 3.91. The number of fused-ring (bicyclic) bond motifs is 1. The number of rotatable bonds is 3. The highest BCUT2D eigenvalue weighted by Crippen LogP contribution is 2.39. The van der Waals surface area contributed by atoms with Gasteiger partial charge in [-0.25, -0.2) is 0 Å². The van der Waals surface area contributed by atoms with Gasteiger partial charge in [0.15, 0.2) is 0 Å². The second-order valence-electron chi connectivity index (χ2n) is 7.09. The van der Waals surface area contributed by atoms with Gasteiger partial charge in [0, 0.05) is 30.2 Å². The van der Waals surface area contributed by atoms with Gasteiger partial charge in [-0.15, -0.1) is 0 Å². The lowest BCUT2D eigenvalue weighted by atomic mass is 9.75. The van der Waals surface area contributed by atoms with Crippen LogP contribution >= 0.6 is 0 Å². The molecule has 2 aliphatic rings. The Morgan fingerprint density at radius 1 is 1.35 bits per heavy atom. The van der Waals surface area contributed by atoms with Crippen LogP contribution in [0.3, 0.4) is 0 Å². The standard InChI is InChI=1S/C18H28N2/c1-14(2)18(10-11-19-12-18)13-20-15(3)8-9-16-6-4-5-7-17(16)20/h4-7,14-15,19H,8-13H2,1-3H3. The molecule has 2 heteroatoms. The monoisotopic (exact) mass is 272 g/mol. The van der Waals surface area contributed by atoms with Crippen LogP contribution in [-0.4, -0.2) is 25.7 Å². The molecule has 110 valence electrons. The number of hydrogen-bond donors (Lipinski definition) is 1. The molecule has 0 spiro atoms. The maximum absolute atomic E-state index is 3.60. The normalized spacial score (nSPS) is 29.8. The van der Waals surface area contributed by atoms with Crippen molar-refractivity contribution in [3.8, 4) is 0 Å². The van der Waals surface area contributed by atoms with E-state index in [1.165, 1.54) is 50.1 Å². The minimum absolute atomic E-state index is 0.443. The van der Waals surface area contributed by atoms with E-state index in [2.05, 4.69) is 55.3 Å². The van der Waals surface area contributed by atoms with E-state index in [4.69, 9.17) is 0 Å². The van der Waals surface area contributed by atoms with Crippen molar-refractivity contribution in [2.45, 2.75) is 46.1 Å². The molecule has 1 fully saturated rings. The van der Waals surface area contributed by atoms with Crippen LogP contribution in [0, 0.1) is 11.3 Å². The maximum Gasteiger partial charge on any atom is 0.0401 e. The molecule has 0 aliphatic carbocycles. The van der Waals surface area contributed by atoms with Crippen LogP contribution in [0.1, 0.15) is 39.2 Å². The van der Waals surface area contributed by atoms with Crippen molar-refractivity contribution in [2.24, 2.45) is 11.3 Å². The van der Waals surface area contributed by atoms with Gasteiger partial charge in [0.25, 0.3) is 0 Å². The molecule has 2 nitrogen and oxygen atoms in total. The Labute approximate surface area is 123 Å². The molecular formula is C18H28N2. The lowest BCUT2D eigenvalue weighted by molar-refractivity contribution is 0.216. The number of para-hydroxylation sites is 1. The van der Waals surface area contributed by atoms with Crippen molar-refractivity contribution < 1.29 is 0 Å². The van der Waals surface area contributed by atoms with Gasteiger partial charge in [0.05, 0.1) is 0 Å². The first-order valence-corrected chi connectivity index (χ1v) is 8.18. The number of aryl methyl sites for hydroxylation is 1. The van der Waals surface area contributed by atoms with Gasteiger partial charge < -0.3 is 10.2 Å². The summed E-state index contributed by atoms with van der Waals surface area (Å²) < 4.78 is 0. The molecule has 3 rings (SSSR count). The minimum Gasteiger partial charge on any atom is -0.368 e. The first-order chi connectivity index (χ1) is 9.62. The third-order valence-corrected chi connectivity index (χ3v) is 5.65. The zero-order chi connectivity index (χ0) is 14.2. The van der Waals surface area contributed by atoms with E-state index in [1.54, 1.807) is 0 Å². The van der Waals surface area contributed by atoms with E-state index >= 15 is 0 Å². The molecule has 0 radical (unpaired) electrons. The van der Waals surface area contributed by atoms with Gasteiger partial charge in [-0.1, -0.05) is 32.0 Å². The van der Waals surface area contributed by atoms with Crippen LogP contribution in [0.25, 0.3) is 0 Å². The van der Waals surface area contributed by atoms with Crippen LogP contribution in [0.15, 0.2) is 24.3 Å². The van der Waals surface area contributed by atoms with Gasteiger partial charge in [-0.05, 0) is 50.3 Å². The molecule has 0 aromatic heterocycles. The summed E-state index contributed by atoms with van der Waals surface area (Å²) >= 11 is 0. The second kappa shape index (κ2) is 5.40. The molecule has 2 atom stereocenters. The minimum atomic E-state index is 0.443. The molecule has 1 aromatic rings. The van der Waals surface area contributed by atoms with Gasteiger partial charge >= 0.3 is 0 Å². The molecule has 0 saturated carbocycles. The fourth-order valence-corrected chi connectivity index (χ4v) is 3.91. The molecule has 2 unspecified atom stereocenters. The predicted molar refractivity (Wildman–Crippen MR) is 86.3 cm³/mol. The summed E-state index contributed by atoms with van der Waals surface area (Å²) in [7, 11) is 0. The van der Waals surface area contributed by atoms with Gasteiger partial charge in [-0.3, -0.25) is 0 Å². The van der Waals surface area contributed by atoms with Crippen molar-refractivity contribution in [2.75, 3.05) is 24.5 Å². The highest BCUT2D eigenvalue weighted by atomic mass is 15.2. The summed E-state index contributed by atoms with van der Waals surface area (Å²) in [6.45, 7) is 10.8. The lowest BCUT2D eigenvalue weighted by Crippen LogP contribution is -2.48. The van der Waals surface area contributed by atoms with Crippen LogP contribution in [0.5, 0.6) is 0 Å². The molecule has 2 aliphatic heterocycles. The Kier molecular flexibility index (Phi) is 3.76. The molecule has 20 heavy (non-hydrogen) atoms. The van der Waals surface area contributed by atoms with E-state index in [1.807, 2.05) is 0 Å². The highest BCUT2D eigenvalue weighted by molar-refractivity contribution is 5.56. The summed E-state index contributed by atoms with van der Waals surface area (Å²) in [6.07, 6.45) is 3.84. The van der Waals surface area contributed by atoms with Crippen molar-refractivity contribution in [1.82, 2.24) is 5.32 Å². The molecule has 1 N–H and O–H groups in total.